The second-order valence-electron chi connectivity index (χ2n) is 3.89. The Kier molecular flexibility index (Phi) is 3.03. The van der Waals surface area contributed by atoms with E-state index in [1.165, 1.54) is 12.1 Å². The van der Waals surface area contributed by atoms with Crippen molar-refractivity contribution in [1.82, 2.24) is 0 Å². The number of non-ortho nitro benzene ring substituents is 1. The Morgan fingerprint density at radius 1 is 1.47 bits per heavy atom. The molecule has 6 heteroatoms. The van der Waals surface area contributed by atoms with E-state index in [4.69, 9.17) is 4.74 Å². The van der Waals surface area contributed by atoms with Gasteiger partial charge in [-0.25, -0.2) is 4.39 Å². The van der Waals surface area contributed by atoms with Crippen molar-refractivity contribution in [3.8, 4) is 5.75 Å². The van der Waals surface area contributed by atoms with Crippen molar-refractivity contribution in [2.75, 3.05) is 0 Å². The molecule has 0 heterocycles. The van der Waals surface area contributed by atoms with Gasteiger partial charge in [0, 0.05) is 18.9 Å². The van der Waals surface area contributed by atoms with Gasteiger partial charge in [0.25, 0.3) is 5.69 Å². The number of hydrogen-bond donors (Lipinski definition) is 0. The highest BCUT2D eigenvalue weighted by Crippen LogP contribution is 2.27. The summed E-state index contributed by atoms with van der Waals surface area (Å²) in [4.78, 5) is 20.7. The van der Waals surface area contributed by atoms with Crippen molar-refractivity contribution >= 4 is 11.5 Å². The van der Waals surface area contributed by atoms with Crippen LogP contribution < -0.4 is 4.74 Å². The molecular formula is C11H10FNO4. The van der Waals surface area contributed by atoms with Crippen molar-refractivity contribution in [3.63, 3.8) is 0 Å². The van der Waals surface area contributed by atoms with Gasteiger partial charge in [0.15, 0.2) is 11.6 Å². The number of Topliss-reactive ketones (excluding diaryl/α,β-unsaturated/α-hetero) is 1. The quantitative estimate of drug-likeness (QED) is 0.599. The van der Waals surface area contributed by atoms with Crippen molar-refractivity contribution in [2.24, 2.45) is 0 Å². The standard InChI is InChI=1S/C11H10FNO4/c12-10-5-7(13(15)16)1-4-11(10)17-9-3-2-8(14)6-9/h1,4-5,9H,2-3,6H2. The SMILES string of the molecule is O=C1CCC(Oc2ccc([N+](=O)[O-])cc2F)C1. The van der Waals surface area contributed by atoms with Gasteiger partial charge < -0.3 is 4.74 Å². The van der Waals surface area contributed by atoms with Gasteiger partial charge in [0.2, 0.25) is 0 Å². The minimum Gasteiger partial charge on any atom is -0.487 e. The van der Waals surface area contributed by atoms with Crippen LogP contribution in [0.25, 0.3) is 0 Å². The van der Waals surface area contributed by atoms with E-state index in [9.17, 15) is 19.3 Å². The summed E-state index contributed by atoms with van der Waals surface area (Å²) in [5, 5.41) is 10.4. The van der Waals surface area contributed by atoms with Gasteiger partial charge in [-0.15, -0.1) is 0 Å². The van der Waals surface area contributed by atoms with Crippen LogP contribution in [-0.4, -0.2) is 16.8 Å². The summed E-state index contributed by atoms with van der Waals surface area (Å²) in [7, 11) is 0. The molecule has 0 amide bonds. The maximum absolute atomic E-state index is 13.4. The molecule has 1 fully saturated rings. The summed E-state index contributed by atoms with van der Waals surface area (Å²) in [5.41, 5.74) is -0.322. The van der Waals surface area contributed by atoms with Crippen LogP contribution in [0.5, 0.6) is 5.75 Å². The molecule has 0 N–H and O–H groups in total. The lowest BCUT2D eigenvalue weighted by atomic mass is 10.2. The first-order valence-electron chi connectivity index (χ1n) is 5.18. The second kappa shape index (κ2) is 4.48. The Bertz CT molecular complexity index is 475. The zero-order chi connectivity index (χ0) is 12.4. The van der Waals surface area contributed by atoms with Crippen LogP contribution >= 0.6 is 0 Å². The van der Waals surface area contributed by atoms with E-state index in [0.29, 0.717) is 12.8 Å². The number of ether oxygens (including phenoxy) is 1. The highest BCUT2D eigenvalue weighted by molar-refractivity contribution is 5.81. The molecule has 0 aliphatic heterocycles. The number of benzene rings is 1. The van der Waals surface area contributed by atoms with Crippen LogP contribution in [0, 0.1) is 15.9 Å². The topological polar surface area (TPSA) is 69.4 Å². The molecule has 17 heavy (non-hydrogen) atoms. The Hall–Kier alpha value is -1.98. The molecule has 1 atom stereocenters. The third-order valence-electron chi connectivity index (χ3n) is 2.62. The summed E-state index contributed by atoms with van der Waals surface area (Å²) in [6, 6.07) is 3.21. The van der Waals surface area contributed by atoms with E-state index in [0.717, 1.165) is 6.07 Å². The summed E-state index contributed by atoms with van der Waals surface area (Å²) < 4.78 is 18.7. The van der Waals surface area contributed by atoms with Crippen LogP contribution in [-0.2, 0) is 4.79 Å². The van der Waals surface area contributed by atoms with E-state index in [1.807, 2.05) is 0 Å². The van der Waals surface area contributed by atoms with Crippen LogP contribution in [0.1, 0.15) is 19.3 Å². The highest BCUT2D eigenvalue weighted by Gasteiger charge is 2.24. The number of hydrogen-bond acceptors (Lipinski definition) is 4. The molecule has 0 saturated heterocycles. The molecule has 2 rings (SSSR count). The van der Waals surface area contributed by atoms with Crippen molar-refractivity contribution < 1.29 is 18.8 Å². The first-order valence-corrected chi connectivity index (χ1v) is 5.18. The molecule has 1 aromatic rings. The molecule has 0 bridgehead atoms. The Balaban J connectivity index is 2.11. The minimum absolute atomic E-state index is 0.0460. The van der Waals surface area contributed by atoms with E-state index in [2.05, 4.69) is 0 Å². The van der Waals surface area contributed by atoms with Crippen molar-refractivity contribution in [1.29, 1.82) is 0 Å². The minimum atomic E-state index is -0.779. The van der Waals surface area contributed by atoms with Gasteiger partial charge in [0.05, 0.1) is 11.0 Å². The molecular weight excluding hydrogens is 229 g/mol. The number of nitro benzene ring substituents is 1. The average molecular weight is 239 g/mol. The van der Waals surface area contributed by atoms with E-state index >= 15 is 0 Å². The number of ketones is 1. The van der Waals surface area contributed by atoms with Crippen molar-refractivity contribution in [3.05, 3.63) is 34.1 Å². The number of carbonyl (C=O) groups excluding carboxylic acids is 1. The lowest BCUT2D eigenvalue weighted by Crippen LogP contribution is -2.13. The monoisotopic (exact) mass is 239 g/mol. The summed E-state index contributed by atoms with van der Waals surface area (Å²) in [5.74, 6) is -0.730. The van der Waals surface area contributed by atoms with Gasteiger partial charge in [-0.05, 0) is 12.5 Å². The third-order valence-corrected chi connectivity index (χ3v) is 2.62. The van der Waals surface area contributed by atoms with Gasteiger partial charge in [-0.2, -0.15) is 0 Å². The molecule has 1 aliphatic carbocycles. The van der Waals surface area contributed by atoms with E-state index in [-0.39, 0.29) is 29.7 Å². The molecule has 1 saturated carbocycles. The maximum atomic E-state index is 13.4. The number of nitro groups is 1. The van der Waals surface area contributed by atoms with Gasteiger partial charge >= 0.3 is 0 Å². The Morgan fingerprint density at radius 3 is 2.76 bits per heavy atom. The maximum Gasteiger partial charge on any atom is 0.272 e. The normalized spacial score (nSPS) is 19.4. The fraction of sp³-hybridized carbons (Fsp3) is 0.364. The molecule has 1 unspecified atom stereocenters. The number of halogens is 1. The molecule has 0 spiro atoms. The van der Waals surface area contributed by atoms with Crippen LogP contribution in [0.2, 0.25) is 0 Å². The first kappa shape index (κ1) is 11.5. The lowest BCUT2D eigenvalue weighted by Gasteiger charge is -2.12. The van der Waals surface area contributed by atoms with Gasteiger partial charge in [-0.3, -0.25) is 14.9 Å². The molecule has 1 aliphatic rings. The fourth-order valence-electron chi connectivity index (χ4n) is 1.76. The Morgan fingerprint density at radius 2 is 2.24 bits per heavy atom. The van der Waals surface area contributed by atoms with Crippen LogP contribution in [0.3, 0.4) is 0 Å². The lowest BCUT2D eigenvalue weighted by molar-refractivity contribution is -0.385. The number of nitrogens with zero attached hydrogens (tertiary/aromatic N) is 1. The number of rotatable bonds is 3. The predicted octanol–water partition coefficient (Wildman–Crippen LogP) is 2.23. The third kappa shape index (κ3) is 2.58. The second-order valence-corrected chi connectivity index (χ2v) is 3.89. The first-order chi connectivity index (χ1) is 8.06. The van der Waals surface area contributed by atoms with Crippen LogP contribution in [0.4, 0.5) is 10.1 Å². The molecule has 5 nitrogen and oxygen atoms in total. The van der Waals surface area contributed by atoms with Crippen LogP contribution in [0.15, 0.2) is 18.2 Å². The van der Waals surface area contributed by atoms with E-state index < -0.39 is 10.7 Å². The average Bonchev–Trinajstić information content (AvgIpc) is 2.67. The summed E-state index contributed by atoms with van der Waals surface area (Å²) >= 11 is 0. The zero-order valence-electron chi connectivity index (χ0n) is 8.89. The molecule has 1 aromatic carbocycles. The fourth-order valence-corrected chi connectivity index (χ4v) is 1.76. The van der Waals surface area contributed by atoms with Crippen molar-refractivity contribution in [2.45, 2.75) is 25.4 Å². The van der Waals surface area contributed by atoms with E-state index in [1.54, 1.807) is 0 Å². The zero-order valence-corrected chi connectivity index (χ0v) is 8.89. The predicted molar refractivity (Wildman–Crippen MR) is 56.3 cm³/mol. The summed E-state index contributed by atoms with van der Waals surface area (Å²) in [6.45, 7) is 0. The molecule has 0 aromatic heterocycles. The molecule has 90 valence electrons. The largest absolute Gasteiger partial charge is 0.487 e. The summed E-state index contributed by atoms with van der Waals surface area (Å²) in [6.07, 6.45) is 0.962. The Labute approximate surface area is 96.3 Å². The number of carbonyl (C=O) groups is 1. The smallest absolute Gasteiger partial charge is 0.272 e. The molecule has 0 radical (unpaired) electrons. The van der Waals surface area contributed by atoms with Gasteiger partial charge in [0.1, 0.15) is 11.9 Å². The highest BCUT2D eigenvalue weighted by atomic mass is 19.1. The van der Waals surface area contributed by atoms with Gasteiger partial charge in [-0.1, -0.05) is 0 Å².